The quantitative estimate of drug-likeness (QED) is 0.323. The largest absolute Gasteiger partial charge is 0.497 e. The number of methoxy groups -OCH3 is 1. The number of hydrogen-bond acceptors (Lipinski definition) is 6. The molecule has 8 nitrogen and oxygen atoms in total. The summed E-state index contributed by atoms with van der Waals surface area (Å²) >= 11 is 0. The van der Waals surface area contributed by atoms with Crippen LogP contribution in [0.2, 0.25) is 0 Å². The van der Waals surface area contributed by atoms with Crippen LogP contribution in [0, 0.1) is 0 Å². The summed E-state index contributed by atoms with van der Waals surface area (Å²) in [7, 11) is 1.64. The molecular formula is C36H47N3O5. The zero-order valence-electron chi connectivity index (χ0n) is 26.5. The van der Waals surface area contributed by atoms with Gasteiger partial charge in [-0.15, -0.1) is 0 Å². The number of ether oxygens (including phenoxy) is 2. The second kappa shape index (κ2) is 15.7. The second-order valence-electron chi connectivity index (χ2n) is 12.0. The molecule has 0 aromatic heterocycles. The number of hydrogen-bond donors (Lipinski definition) is 3. The lowest BCUT2D eigenvalue weighted by molar-refractivity contribution is 0.0752. The van der Waals surface area contributed by atoms with Gasteiger partial charge in [-0.3, -0.25) is 9.59 Å². The molecule has 0 saturated heterocycles. The third kappa shape index (κ3) is 9.07. The van der Waals surface area contributed by atoms with Crippen LogP contribution in [0.4, 0.5) is 0 Å². The predicted octanol–water partition coefficient (Wildman–Crippen LogP) is 5.34. The van der Waals surface area contributed by atoms with E-state index in [-0.39, 0.29) is 18.4 Å². The fraction of sp³-hybridized carbons (Fsp3) is 0.444. The molecule has 1 heterocycles. The number of nitrogens with zero attached hydrogens (tertiary/aromatic N) is 1. The number of amides is 2. The molecule has 236 valence electrons. The van der Waals surface area contributed by atoms with Gasteiger partial charge in [-0.1, -0.05) is 37.3 Å². The van der Waals surface area contributed by atoms with E-state index in [4.69, 9.17) is 9.47 Å². The van der Waals surface area contributed by atoms with Crippen LogP contribution < -0.4 is 20.1 Å². The zero-order valence-corrected chi connectivity index (χ0v) is 26.5. The van der Waals surface area contributed by atoms with Gasteiger partial charge in [0.1, 0.15) is 11.5 Å². The Morgan fingerprint density at radius 2 is 1.80 bits per heavy atom. The van der Waals surface area contributed by atoms with Gasteiger partial charge in [-0.2, -0.15) is 0 Å². The predicted molar refractivity (Wildman–Crippen MR) is 173 cm³/mol. The molecule has 2 amide bonds. The molecule has 4 bridgehead atoms. The maximum Gasteiger partial charge on any atom is 0.253 e. The maximum absolute atomic E-state index is 13.6. The number of benzene rings is 3. The minimum absolute atomic E-state index is 0.0746. The summed E-state index contributed by atoms with van der Waals surface area (Å²) in [6, 6.07) is 21.9. The normalized spacial score (nSPS) is 17.6. The Labute approximate surface area is 261 Å². The summed E-state index contributed by atoms with van der Waals surface area (Å²) < 4.78 is 11.4. The third-order valence-corrected chi connectivity index (χ3v) is 8.17. The van der Waals surface area contributed by atoms with Crippen molar-refractivity contribution in [3.05, 3.63) is 95.1 Å². The van der Waals surface area contributed by atoms with E-state index in [1.807, 2.05) is 67.3 Å². The monoisotopic (exact) mass is 601 g/mol. The first-order valence-corrected chi connectivity index (χ1v) is 15.7. The average Bonchev–Trinajstić information content (AvgIpc) is 3.04. The van der Waals surface area contributed by atoms with Crippen molar-refractivity contribution in [2.75, 3.05) is 33.4 Å². The van der Waals surface area contributed by atoms with Crippen LogP contribution in [0.25, 0.3) is 0 Å². The molecule has 3 N–H and O–H groups in total. The summed E-state index contributed by atoms with van der Waals surface area (Å²) in [5.74, 6) is 1.10. The number of rotatable bonds is 8. The molecule has 0 radical (unpaired) electrons. The van der Waals surface area contributed by atoms with Gasteiger partial charge in [-0.05, 0) is 99.5 Å². The fourth-order valence-corrected chi connectivity index (χ4v) is 5.50. The molecule has 1 aliphatic heterocycles. The van der Waals surface area contributed by atoms with Crippen LogP contribution >= 0.6 is 0 Å². The van der Waals surface area contributed by atoms with Crippen LogP contribution in [0.3, 0.4) is 0 Å². The number of carbonyl (C=O) groups excluding carboxylic acids is 2. The molecule has 3 aromatic rings. The van der Waals surface area contributed by atoms with Crippen molar-refractivity contribution in [1.29, 1.82) is 0 Å². The van der Waals surface area contributed by atoms with Crippen molar-refractivity contribution < 1.29 is 24.2 Å². The molecule has 0 fully saturated rings. The van der Waals surface area contributed by atoms with Gasteiger partial charge in [0, 0.05) is 36.3 Å². The van der Waals surface area contributed by atoms with E-state index in [0.717, 1.165) is 48.3 Å². The molecule has 3 aromatic carbocycles. The van der Waals surface area contributed by atoms with Crippen molar-refractivity contribution in [2.45, 2.75) is 70.6 Å². The molecule has 1 aliphatic rings. The minimum atomic E-state index is -0.913. The first-order chi connectivity index (χ1) is 21.2. The highest BCUT2D eigenvalue weighted by Crippen LogP contribution is 2.24. The summed E-state index contributed by atoms with van der Waals surface area (Å²) in [5, 5.41) is 18.1. The van der Waals surface area contributed by atoms with E-state index in [9.17, 15) is 14.7 Å². The Kier molecular flexibility index (Phi) is 11.8. The Morgan fingerprint density at radius 1 is 1.02 bits per heavy atom. The molecule has 8 heteroatoms. The summed E-state index contributed by atoms with van der Waals surface area (Å²) in [6.07, 6.45) is 3.06. The van der Waals surface area contributed by atoms with Crippen molar-refractivity contribution in [3.8, 4) is 11.5 Å². The number of aliphatic hydroxyl groups is 1. The lowest BCUT2D eigenvalue weighted by atomic mass is 9.93. The lowest BCUT2D eigenvalue weighted by Crippen LogP contribution is -2.51. The highest BCUT2D eigenvalue weighted by Gasteiger charge is 2.27. The van der Waals surface area contributed by atoms with Gasteiger partial charge in [-0.25, -0.2) is 0 Å². The number of nitrogens with one attached hydrogen (secondary N) is 2. The molecule has 4 rings (SSSR count). The highest BCUT2D eigenvalue weighted by atomic mass is 16.5. The van der Waals surface area contributed by atoms with Crippen LogP contribution in [0.15, 0.2) is 72.8 Å². The van der Waals surface area contributed by atoms with Gasteiger partial charge < -0.3 is 30.1 Å². The highest BCUT2D eigenvalue weighted by molar-refractivity contribution is 5.99. The SMILES string of the molecule is CCCN1CCCCCOc2cccc(c2)C[C@@H]([C@H](O)CNC(C)(C)c2cccc(OC)c2)NC(=O)c2cccc(c2)C1=O. The molecule has 44 heavy (non-hydrogen) atoms. The van der Waals surface area contributed by atoms with E-state index in [1.165, 1.54) is 0 Å². The van der Waals surface area contributed by atoms with Crippen LogP contribution in [0.5, 0.6) is 11.5 Å². The zero-order chi connectivity index (χ0) is 31.5. The number of carbonyl (C=O) groups is 2. The average molecular weight is 602 g/mol. The van der Waals surface area contributed by atoms with E-state index in [2.05, 4.69) is 17.6 Å². The van der Waals surface area contributed by atoms with Crippen molar-refractivity contribution in [1.82, 2.24) is 15.5 Å². The van der Waals surface area contributed by atoms with Gasteiger partial charge in [0.25, 0.3) is 11.8 Å². The Morgan fingerprint density at radius 3 is 2.59 bits per heavy atom. The maximum atomic E-state index is 13.6. The van der Waals surface area contributed by atoms with Gasteiger partial charge >= 0.3 is 0 Å². The van der Waals surface area contributed by atoms with Gasteiger partial charge in [0.15, 0.2) is 0 Å². The number of aliphatic hydroxyl groups excluding tert-OH is 1. The smallest absolute Gasteiger partial charge is 0.253 e. The Hall–Kier alpha value is -3.88. The molecule has 0 saturated carbocycles. The molecular weight excluding hydrogens is 554 g/mol. The summed E-state index contributed by atoms with van der Waals surface area (Å²) in [6.45, 7) is 8.28. The first-order valence-electron chi connectivity index (χ1n) is 15.7. The molecule has 2 atom stereocenters. The topological polar surface area (TPSA) is 100 Å². The molecule has 0 unspecified atom stereocenters. The Balaban J connectivity index is 1.59. The molecule has 0 aliphatic carbocycles. The summed E-state index contributed by atoms with van der Waals surface area (Å²) in [5.41, 5.74) is 2.36. The van der Waals surface area contributed by atoms with E-state index >= 15 is 0 Å². The van der Waals surface area contributed by atoms with E-state index < -0.39 is 17.7 Å². The third-order valence-electron chi connectivity index (χ3n) is 8.17. The van der Waals surface area contributed by atoms with Crippen LogP contribution in [0.1, 0.15) is 78.3 Å². The molecule has 0 spiro atoms. The summed E-state index contributed by atoms with van der Waals surface area (Å²) in [4.78, 5) is 28.9. The number of fused-ring (bicyclic) bond motifs is 4. The Bertz CT molecular complexity index is 1390. The van der Waals surface area contributed by atoms with Gasteiger partial charge in [0.05, 0.1) is 25.9 Å². The second-order valence-corrected chi connectivity index (χ2v) is 12.0. The van der Waals surface area contributed by atoms with Gasteiger partial charge in [0.2, 0.25) is 0 Å². The standard InChI is InChI=1S/C36H47N3O5/c1-5-18-39-19-7-6-8-20-44-31-17-9-12-26(21-31)22-32(38-34(41)27-13-10-14-28(23-27)35(39)42)33(40)25-37-36(2,3)29-15-11-16-30(24-29)43-4/h9-17,21,23-24,32-33,37,40H,5-8,18-20,22,25H2,1-4H3,(H,38,41)/t32-,33+/m0/s1. The van der Waals surface area contributed by atoms with E-state index in [0.29, 0.717) is 37.2 Å². The van der Waals surface area contributed by atoms with Crippen LogP contribution in [-0.4, -0.2) is 67.3 Å². The minimum Gasteiger partial charge on any atom is -0.497 e. The first kappa shape index (κ1) is 33.0. The van der Waals surface area contributed by atoms with Crippen molar-refractivity contribution >= 4 is 11.8 Å². The lowest BCUT2D eigenvalue weighted by Gasteiger charge is -2.31. The van der Waals surface area contributed by atoms with E-state index in [1.54, 1.807) is 31.4 Å². The van der Waals surface area contributed by atoms with Crippen molar-refractivity contribution in [3.63, 3.8) is 0 Å². The fourth-order valence-electron chi connectivity index (χ4n) is 5.50. The van der Waals surface area contributed by atoms with Crippen LogP contribution in [-0.2, 0) is 12.0 Å². The van der Waals surface area contributed by atoms with Crippen molar-refractivity contribution in [2.24, 2.45) is 0 Å².